The third-order valence-corrected chi connectivity index (χ3v) is 4.42. The molecule has 1 aromatic heterocycles. The molecule has 5 heteroatoms. The number of carboxylic acids is 1. The molecule has 0 spiro atoms. The zero-order valence-corrected chi connectivity index (χ0v) is 14.4. The molecule has 0 fully saturated rings. The maximum absolute atomic E-state index is 11.9. The van der Waals surface area contributed by atoms with Gasteiger partial charge in [0.05, 0.1) is 0 Å². The van der Waals surface area contributed by atoms with E-state index in [1.54, 1.807) is 5.38 Å². The van der Waals surface area contributed by atoms with Crippen LogP contribution in [0.1, 0.15) is 43.1 Å². The molecule has 2 aromatic rings. The molecule has 0 bridgehead atoms. The Morgan fingerprint density at radius 1 is 1.22 bits per heavy atom. The Kier molecular flexibility index (Phi) is 5.55. The van der Waals surface area contributed by atoms with Crippen LogP contribution in [0.3, 0.4) is 0 Å². The van der Waals surface area contributed by atoms with Gasteiger partial charge in [-0.3, -0.25) is 4.79 Å². The largest absolute Gasteiger partial charge is 0.478 e. The lowest BCUT2D eigenvalue weighted by Crippen LogP contribution is -2.15. The molecule has 122 valence electrons. The summed E-state index contributed by atoms with van der Waals surface area (Å²) in [4.78, 5) is 23.6. The molecular weight excluding hydrogens is 310 g/mol. The Labute approximate surface area is 140 Å². The molecular formula is C18H21NO3S. The zero-order valence-electron chi connectivity index (χ0n) is 13.6. The minimum atomic E-state index is -1.03. The topological polar surface area (TPSA) is 66.4 Å². The molecule has 2 N–H and O–H groups in total. The van der Waals surface area contributed by atoms with Gasteiger partial charge in [-0.1, -0.05) is 45.0 Å². The minimum Gasteiger partial charge on any atom is -0.478 e. The zero-order chi connectivity index (χ0) is 17.0. The first-order valence-corrected chi connectivity index (χ1v) is 8.54. The molecule has 0 aliphatic carbocycles. The van der Waals surface area contributed by atoms with E-state index in [4.69, 9.17) is 0 Å². The fraction of sp³-hybridized carbons (Fsp3) is 0.333. The second kappa shape index (κ2) is 7.42. The van der Waals surface area contributed by atoms with E-state index in [-0.39, 0.29) is 17.4 Å². The Morgan fingerprint density at radius 2 is 1.87 bits per heavy atom. The summed E-state index contributed by atoms with van der Waals surface area (Å²) >= 11 is 1.25. The number of carboxylic acid groups (broad SMARTS) is 1. The summed E-state index contributed by atoms with van der Waals surface area (Å²) in [5.74, 6) is -0.956. The SMILES string of the molecule is CCc1ccc(-c2csc(NC(=O)CC(C)C)c2C(=O)O)cc1. The molecule has 4 nitrogen and oxygen atoms in total. The first kappa shape index (κ1) is 17.2. The molecule has 0 saturated heterocycles. The van der Waals surface area contributed by atoms with Crippen molar-refractivity contribution >= 4 is 28.2 Å². The molecule has 1 heterocycles. The lowest BCUT2D eigenvalue weighted by atomic mass is 10.0. The van der Waals surface area contributed by atoms with Crippen molar-refractivity contribution in [3.8, 4) is 11.1 Å². The van der Waals surface area contributed by atoms with E-state index < -0.39 is 5.97 Å². The predicted octanol–water partition coefficient (Wildman–Crippen LogP) is 4.66. The van der Waals surface area contributed by atoms with E-state index in [0.717, 1.165) is 12.0 Å². The second-order valence-electron chi connectivity index (χ2n) is 5.86. The second-order valence-corrected chi connectivity index (χ2v) is 6.73. The lowest BCUT2D eigenvalue weighted by Gasteiger charge is -2.08. The van der Waals surface area contributed by atoms with E-state index in [0.29, 0.717) is 17.0 Å². The average Bonchev–Trinajstić information content (AvgIpc) is 2.90. The maximum atomic E-state index is 11.9. The van der Waals surface area contributed by atoms with Crippen LogP contribution in [0.15, 0.2) is 29.6 Å². The number of nitrogens with one attached hydrogen (secondary N) is 1. The van der Waals surface area contributed by atoms with Crippen LogP contribution in [0, 0.1) is 5.92 Å². The first-order valence-electron chi connectivity index (χ1n) is 7.66. The van der Waals surface area contributed by atoms with Crippen molar-refractivity contribution in [3.63, 3.8) is 0 Å². The van der Waals surface area contributed by atoms with Crippen LogP contribution in [0.4, 0.5) is 5.00 Å². The number of amides is 1. The predicted molar refractivity (Wildman–Crippen MR) is 94.2 cm³/mol. The van der Waals surface area contributed by atoms with Crippen molar-refractivity contribution in [2.75, 3.05) is 5.32 Å². The van der Waals surface area contributed by atoms with E-state index in [1.165, 1.54) is 16.9 Å². The summed E-state index contributed by atoms with van der Waals surface area (Å²) in [7, 11) is 0. The third kappa shape index (κ3) is 4.20. The summed E-state index contributed by atoms with van der Waals surface area (Å²) in [5.41, 5.74) is 2.85. The van der Waals surface area contributed by atoms with Crippen molar-refractivity contribution in [2.45, 2.75) is 33.6 Å². The van der Waals surface area contributed by atoms with Gasteiger partial charge >= 0.3 is 5.97 Å². The van der Waals surface area contributed by atoms with Gasteiger partial charge in [0.2, 0.25) is 5.91 Å². The van der Waals surface area contributed by atoms with Crippen LogP contribution in [0.25, 0.3) is 11.1 Å². The fourth-order valence-electron chi connectivity index (χ4n) is 2.34. The van der Waals surface area contributed by atoms with Crippen LogP contribution < -0.4 is 5.32 Å². The quantitative estimate of drug-likeness (QED) is 0.809. The number of benzene rings is 1. The number of hydrogen-bond donors (Lipinski definition) is 2. The summed E-state index contributed by atoms with van der Waals surface area (Å²) in [6.45, 7) is 5.98. The number of carbonyl (C=O) groups is 2. The molecule has 0 aliphatic heterocycles. The molecule has 1 amide bonds. The highest BCUT2D eigenvalue weighted by Crippen LogP contribution is 2.36. The number of aromatic carboxylic acids is 1. The van der Waals surface area contributed by atoms with Crippen LogP contribution in [0.2, 0.25) is 0 Å². The number of hydrogen-bond acceptors (Lipinski definition) is 3. The van der Waals surface area contributed by atoms with Crippen LogP contribution in [-0.4, -0.2) is 17.0 Å². The van der Waals surface area contributed by atoms with Gasteiger partial charge in [-0.25, -0.2) is 4.79 Å². The number of aryl methyl sites for hydroxylation is 1. The van der Waals surface area contributed by atoms with Crippen LogP contribution >= 0.6 is 11.3 Å². The third-order valence-electron chi connectivity index (χ3n) is 3.52. The Balaban J connectivity index is 2.34. The number of rotatable bonds is 6. The van der Waals surface area contributed by atoms with Crippen molar-refractivity contribution in [3.05, 3.63) is 40.8 Å². The molecule has 1 aromatic carbocycles. The molecule has 23 heavy (non-hydrogen) atoms. The van der Waals surface area contributed by atoms with Crippen LogP contribution in [0.5, 0.6) is 0 Å². The Bertz CT molecular complexity index is 702. The van der Waals surface area contributed by atoms with Gasteiger partial charge in [0, 0.05) is 17.4 Å². The number of thiophene rings is 1. The van der Waals surface area contributed by atoms with Gasteiger partial charge < -0.3 is 10.4 Å². The van der Waals surface area contributed by atoms with Crippen molar-refractivity contribution in [1.82, 2.24) is 0 Å². The lowest BCUT2D eigenvalue weighted by molar-refractivity contribution is -0.116. The highest BCUT2D eigenvalue weighted by Gasteiger charge is 2.21. The monoisotopic (exact) mass is 331 g/mol. The highest BCUT2D eigenvalue weighted by molar-refractivity contribution is 7.15. The van der Waals surface area contributed by atoms with E-state index >= 15 is 0 Å². The van der Waals surface area contributed by atoms with Gasteiger partial charge in [0.25, 0.3) is 0 Å². The average molecular weight is 331 g/mol. The summed E-state index contributed by atoms with van der Waals surface area (Å²) < 4.78 is 0. The van der Waals surface area contributed by atoms with E-state index in [9.17, 15) is 14.7 Å². The van der Waals surface area contributed by atoms with Gasteiger partial charge in [-0.15, -0.1) is 11.3 Å². The maximum Gasteiger partial charge on any atom is 0.339 e. The first-order chi connectivity index (χ1) is 10.9. The molecule has 0 radical (unpaired) electrons. The summed E-state index contributed by atoms with van der Waals surface area (Å²) in [6.07, 6.45) is 1.31. The van der Waals surface area contributed by atoms with E-state index in [2.05, 4.69) is 12.2 Å². The molecule has 0 unspecified atom stereocenters. The standard InChI is InChI=1S/C18H21NO3S/c1-4-12-5-7-13(8-6-12)14-10-23-17(16(14)18(21)22)19-15(20)9-11(2)3/h5-8,10-11H,4,9H2,1-3H3,(H,19,20)(H,21,22). The van der Waals surface area contributed by atoms with Gasteiger partial charge in [0.1, 0.15) is 10.6 Å². The van der Waals surface area contributed by atoms with Crippen molar-refractivity contribution in [1.29, 1.82) is 0 Å². The molecule has 0 atom stereocenters. The van der Waals surface area contributed by atoms with Crippen LogP contribution in [-0.2, 0) is 11.2 Å². The molecule has 0 saturated carbocycles. The number of carbonyl (C=O) groups excluding carboxylic acids is 1. The van der Waals surface area contributed by atoms with E-state index in [1.807, 2.05) is 38.1 Å². The smallest absolute Gasteiger partial charge is 0.339 e. The van der Waals surface area contributed by atoms with Gasteiger partial charge in [-0.2, -0.15) is 0 Å². The van der Waals surface area contributed by atoms with Gasteiger partial charge in [0.15, 0.2) is 0 Å². The van der Waals surface area contributed by atoms with Gasteiger partial charge in [-0.05, 0) is 23.5 Å². The Hall–Kier alpha value is -2.14. The molecule has 2 rings (SSSR count). The Morgan fingerprint density at radius 3 is 2.39 bits per heavy atom. The molecule has 0 aliphatic rings. The normalized spacial score (nSPS) is 10.8. The number of anilines is 1. The minimum absolute atomic E-state index is 0.155. The summed E-state index contributed by atoms with van der Waals surface area (Å²) in [5, 5.41) is 14.5. The van der Waals surface area contributed by atoms with Crippen molar-refractivity contribution in [2.24, 2.45) is 5.92 Å². The highest BCUT2D eigenvalue weighted by atomic mass is 32.1. The van der Waals surface area contributed by atoms with Crippen molar-refractivity contribution < 1.29 is 14.7 Å². The fourth-order valence-corrected chi connectivity index (χ4v) is 3.32. The summed E-state index contributed by atoms with van der Waals surface area (Å²) in [6, 6.07) is 7.84.